The molecule has 20 heavy (non-hydrogen) atoms. The van der Waals surface area contributed by atoms with E-state index in [4.69, 9.17) is 4.74 Å². The molecule has 1 aromatic carbocycles. The van der Waals surface area contributed by atoms with E-state index in [9.17, 15) is 14.9 Å². The Balaban J connectivity index is 0.00000361. The van der Waals surface area contributed by atoms with Crippen molar-refractivity contribution in [3.8, 4) is 5.75 Å². The molecule has 8 heteroatoms. The molecule has 0 heterocycles. The van der Waals surface area contributed by atoms with Crippen molar-refractivity contribution < 1.29 is 14.5 Å². The third-order valence-electron chi connectivity index (χ3n) is 2.53. The molecule has 0 bridgehead atoms. The zero-order chi connectivity index (χ0) is 14.3. The lowest BCUT2D eigenvalue weighted by molar-refractivity contribution is -0.385. The minimum atomic E-state index is -0.509. The Bertz CT molecular complexity index is 468. The van der Waals surface area contributed by atoms with Gasteiger partial charge in [0.15, 0.2) is 5.75 Å². The number of rotatable bonds is 7. The van der Waals surface area contributed by atoms with Gasteiger partial charge in [-0.3, -0.25) is 14.9 Å². The van der Waals surface area contributed by atoms with Crippen molar-refractivity contribution in [1.29, 1.82) is 0 Å². The van der Waals surface area contributed by atoms with Crippen LogP contribution < -0.4 is 15.4 Å². The lowest BCUT2D eigenvalue weighted by atomic mass is 10.2. The van der Waals surface area contributed by atoms with E-state index in [-0.39, 0.29) is 36.3 Å². The van der Waals surface area contributed by atoms with Crippen LogP contribution in [-0.2, 0) is 11.3 Å². The number of hydrogen-bond acceptors (Lipinski definition) is 5. The van der Waals surface area contributed by atoms with Gasteiger partial charge in [0.1, 0.15) is 0 Å². The second kappa shape index (κ2) is 9.11. The Labute approximate surface area is 123 Å². The minimum absolute atomic E-state index is 0. The van der Waals surface area contributed by atoms with E-state index in [1.54, 1.807) is 13.1 Å². The first-order chi connectivity index (χ1) is 9.08. The monoisotopic (exact) mass is 303 g/mol. The number of nitro groups is 1. The third-order valence-corrected chi connectivity index (χ3v) is 2.53. The molecule has 0 fully saturated rings. The molecule has 1 aromatic rings. The van der Waals surface area contributed by atoms with Gasteiger partial charge < -0.3 is 15.4 Å². The Hall–Kier alpha value is -1.86. The fourth-order valence-corrected chi connectivity index (χ4v) is 1.52. The number of nitrogens with zero attached hydrogens (tertiary/aromatic N) is 1. The van der Waals surface area contributed by atoms with Gasteiger partial charge in [-0.05, 0) is 18.7 Å². The summed E-state index contributed by atoms with van der Waals surface area (Å²) in [6.45, 7) is 0.849. The smallest absolute Gasteiger partial charge is 0.311 e. The van der Waals surface area contributed by atoms with E-state index in [2.05, 4.69) is 10.6 Å². The van der Waals surface area contributed by atoms with Gasteiger partial charge in [0.25, 0.3) is 0 Å². The van der Waals surface area contributed by atoms with Crippen LogP contribution in [0.15, 0.2) is 18.2 Å². The van der Waals surface area contributed by atoms with E-state index in [1.165, 1.54) is 19.2 Å². The standard InChI is InChI=1S/C12H17N3O4.ClH/c1-13-6-5-12(16)14-8-9-3-4-11(19-2)10(7-9)15(17)18;/h3-4,7,13H,5-6,8H2,1-2H3,(H,14,16);1H. The van der Waals surface area contributed by atoms with Crippen molar-refractivity contribution in [2.75, 3.05) is 20.7 Å². The summed E-state index contributed by atoms with van der Waals surface area (Å²) in [5.74, 6) is 0.100. The molecule has 0 aromatic heterocycles. The Morgan fingerprint density at radius 2 is 2.15 bits per heavy atom. The summed E-state index contributed by atoms with van der Waals surface area (Å²) in [5.41, 5.74) is 0.551. The van der Waals surface area contributed by atoms with Crippen LogP contribution in [0.2, 0.25) is 0 Å². The summed E-state index contributed by atoms with van der Waals surface area (Å²) in [6, 6.07) is 4.61. The number of benzene rings is 1. The Morgan fingerprint density at radius 3 is 2.70 bits per heavy atom. The molecule has 0 aliphatic rings. The van der Waals surface area contributed by atoms with Gasteiger partial charge in [-0.1, -0.05) is 6.07 Å². The van der Waals surface area contributed by atoms with Gasteiger partial charge in [-0.15, -0.1) is 12.4 Å². The first kappa shape index (κ1) is 18.1. The molecule has 0 aliphatic heterocycles. The van der Waals surface area contributed by atoms with Crippen molar-refractivity contribution in [2.45, 2.75) is 13.0 Å². The van der Waals surface area contributed by atoms with E-state index in [0.29, 0.717) is 18.5 Å². The van der Waals surface area contributed by atoms with E-state index in [1.807, 2.05) is 0 Å². The largest absolute Gasteiger partial charge is 0.490 e. The highest BCUT2D eigenvalue weighted by molar-refractivity contribution is 5.85. The first-order valence-corrected chi connectivity index (χ1v) is 5.81. The number of methoxy groups -OCH3 is 1. The molecular formula is C12H18ClN3O4. The molecule has 0 spiro atoms. The van der Waals surface area contributed by atoms with Crippen molar-refractivity contribution in [1.82, 2.24) is 10.6 Å². The number of nitro benzene ring substituents is 1. The zero-order valence-electron chi connectivity index (χ0n) is 11.3. The van der Waals surface area contributed by atoms with Crippen LogP contribution in [0.4, 0.5) is 5.69 Å². The van der Waals surface area contributed by atoms with Crippen LogP contribution in [0.1, 0.15) is 12.0 Å². The van der Waals surface area contributed by atoms with Crippen molar-refractivity contribution in [2.24, 2.45) is 0 Å². The van der Waals surface area contributed by atoms with Gasteiger partial charge >= 0.3 is 5.69 Å². The number of nitrogens with one attached hydrogen (secondary N) is 2. The van der Waals surface area contributed by atoms with Crippen LogP contribution in [0.5, 0.6) is 5.75 Å². The summed E-state index contributed by atoms with van der Waals surface area (Å²) in [6.07, 6.45) is 0.370. The van der Waals surface area contributed by atoms with Gasteiger partial charge in [0.05, 0.1) is 12.0 Å². The number of amides is 1. The molecule has 1 rings (SSSR count). The quantitative estimate of drug-likeness (QED) is 0.584. The molecular weight excluding hydrogens is 286 g/mol. The minimum Gasteiger partial charge on any atom is -0.490 e. The van der Waals surface area contributed by atoms with Crippen LogP contribution in [0.3, 0.4) is 0 Å². The summed E-state index contributed by atoms with van der Waals surface area (Å²) in [4.78, 5) is 21.7. The average Bonchev–Trinajstić information content (AvgIpc) is 2.42. The molecule has 0 atom stereocenters. The second-order valence-electron chi connectivity index (χ2n) is 3.89. The predicted molar refractivity (Wildman–Crippen MR) is 77.3 cm³/mol. The number of carbonyl (C=O) groups excluding carboxylic acids is 1. The summed E-state index contributed by atoms with van der Waals surface area (Å²) in [7, 11) is 3.14. The third kappa shape index (κ3) is 5.41. The second-order valence-corrected chi connectivity index (χ2v) is 3.89. The fraction of sp³-hybridized carbons (Fsp3) is 0.417. The number of carbonyl (C=O) groups is 1. The topological polar surface area (TPSA) is 93.5 Å². The highest BCUT2D eigenvalue weighted by Gasteiger charge is 2.15. The predicted octanol–water partition coefficient (Wildman–Crippen LogP) is 1.25. The SMILES string of the molecule is CNCCC(=O)NCc1ccc(OC)c([N+](=O)[O-])c1.Cl. The lowest BCUT2D eigenvalue weighted by Gasteiger charge is -2.07. The van der Waals surface area contributed by atoms with Crippen LogP contribution in [-0.4, -0.2) is 31.5 Å². The average molecular weight is 304 g/mol. The van der Waals surface area contributed by atoms with Crippen LogP contribution in [0, 0.1) is 10.1 Å². The molecule has 0 saturated carbocycles. The Morgan fingerprint density at radius 1 is 1.45 bits per heavy atom. The zero-order valence-corrected chi connectivity index (χ0v) is 12.2. The molecule has 2 N–H and O–H groups in total. The fourth-order valence-electron chi connectivity index (χ4n) is 1.52. The molecule has 0 radical (unpaired) electrons. The summed E-state index contributed by atoms with van der Waals surface area (Å²) in [5, 5.41) is 16.4. The van der Waals surface area contributed by atoms with Crippen molar-refractivity contribution in [3.63, 3.8) is 0 Å². The van der Waals surface area contributed by atoms with Crippen LogP contribution >= 0.6 is 12.4 Å². The van der Waals surface area contributed by atoms with E-state index < -0.39 is 4.92 Å². The highest BCUT2D eigenvalue weighted by atomic mass is 35.5. The maximum Gasteiger partial charge on any atom is 0.311 e. The summed E-state index contributed by atoms with van der Waals surface area (Å²) < 4.78 is 4.90. The highest BCUT2D eigenvalue weighted by Crippen LogP contribution is 2.27. The lowest BCUT2D eigenvalue weighted by Crippen LogP contribution is -2.26. The molecule has 0 aliphatic carbocycles. The van der Waals surface area contributed by atoms with Gasteiger partial charge in [0, 0.05) is 25.6 Å². The molecule has 7 nitrogen and oxygen atoms in total. The van der Waals surface area contributed by atoms with Crippen molar-refractivity contribution >= 4 is 24.0 Å². The van der Waals surface area contributed by atoms with Crippen molar-refractivity contribution in [3.05, 3.63) is 33.9 Å². The number of hydrogen-bond donors (Lipinski definition) is 2. The molecule has 1 amide bonds. The van der Waals surface area contributed by atoms with Gasteiger partial charge in [-0.2, -0.15) is 0 Å². The summed E-state index contributed by atoms with van der Waals surface area (Å²) >= 11 is 0. The van der Waals surface area contributed by atoms with Crippen LogP contribution in [0.25, 0.3) is 0 Å². The maximum absolute atomic E-state index is 11.4. The van der Waals surface area contributed by atoms with E-state index in [0.717, 1.165) is 0 Å². The molecule has 0 unspecified atom stereocenters. The normalized spacial score (nSPS) is 9.50. The van der Waals surface area contributed by atoms with Gasteiger partial charge in [0.2, 0.25) is 5.91 Å². The number of ether oxygens (including phenoxy) is 1. The molecule has 112 valence electrons. The first-order valence-electron chi connectivity index (χ1n) is 5.81. The maximum atomic E-state index is 11.4. The Kier molecular flexibility index (Phi) is 8.26. The molecule has 0 saturated heterocycles. The number of halogens is 1. The van der Waals surface area contributed by atoms with Gasteiger partial charge in [-0.25, -0.2) is 0 Å². The van der Waals surface area contributed by atoms with E-state index >= 15 is 0 Å².